The summed E-state index contributed by atoms with van der Waals surface area (Å²) in [5, 5.41) is 21.8. The molecule has 0 aromatic carbocycles. The summed E-state index contributed by atoms with van der Waals surface area (Å²) in [7, 11) is 0. The predicted molar refractivity (Wildman–Crippen MR) is 74.8 cm³/mol. The van der Waals surface area contributed by atoms with Gasteiger partial charge in [0.15, 0.2) is 0 Å². The Morgan fingerprint density at radius 3 is 3.00 bits per heavy atom. The number of carboxylic acids is 1. The molecule has 0 bridgehead atoms. The van der Waals surface area contributed by atoms with Crippen LogP contribution in [0.2, 0.25) is 0 Å². The Kier molecular flexibility index (Phi) is 4.36. The maximum absolute atomic E-state index is 11.8. The first-order valence-electron chi connectivity index (χ1n) is 5.88. The van der Waals surface area contributed by atoms with Crippen molar-refractivity contribution in [1.29, 1.82) is 0 Å². The molecule has 2 aromatic rings. The number of carboxylic acid groups (broad SMARTS) is 1. The van der Waals surface area contributed by atoms with E-state index in [0.717, 1.165) is 5.56 Å². The highest BCUT2D eigenvalue weighted by Gasteiger charge is 2.11. The van der Waals surface area contributed by atoms with Gasteiger partial charge in [0, 0.05) is 6.20 Å². The van der Waals surface area contributed by atoms with E-state index in [9.17, 15) is 9.59 Å². The van der Waals surface area contributed by atoms with E-state index in [-0.39, 0.29) is 18.6 Å². The van der Waals surface area contributed by atoms with Gasteiger partial charge in [-0.25, -0.2) is 4.79 Å². The Morgan fingerprint density at radius 1 is 1.55 bits per heavy atom. The summed E-state index contributed by atoms with van der Waals surface area (Å²) >= 11 is 1.57. The molecule has 8 heteroatoms. The first-order chi connectivity index (χ1) is 9.54. The third-order valence-corrected chi connectivity index (χ3v) is 3.28. The summed E-state index contributed by atoms with van der Waals surface area (Å²) in [6.07, 6.45) is 2.86. The zero-order chi connectivity index (χ0) is 14.5. The monoisotopic (exact) mass is 294 g/mol. The molecule has 0 aliphatic carbocycles. The molecular weight excluding hydrogens is 280 g/mol. The first kappa shape index (κ1) is 14.1. The summed E-state index contributed by atoms with van der Waals surface area (Å²) in [6, 6.07) is 1.48. The zero-order valence-electron chi connectivity index (χ0n) is 10.7. The van der Waals surface area contributed by atoms with Crippen molar-refractivity contribution in [3.63, 3.8) is 0 Å². The fourth-order valence-electron chi connectivity index (χ4n) is 1.62. The van der Waals surface area contributed by atoms with E-state index >= 15 is 0 Å². The molecule has 20 heavy (non-hydrogen) atoms. The average molecular weight is 294 g/mol. The lowest BCUT2D eigenvalue weighted by molar-refractivity contribution is -0.137. The van der Waals surface area contributed by atoms with Crippen LogP contribution in [-0.2, 0) is 11.3 Å². The van der Waals surface area contributed by atoms with Crippen LogP contribution in [0.4, 0.5) is 10.5 Å². The molecule has 0 aliphatic heterocycles. The van der Waals surface area contributed by atoms with Gasteiger partial charge >= 0.3 is 12.0 Å². The molecule has 106 valence electrons. The second-order valence-corrected chi connectivity index (χ2v) is 4.98. The van der Waals surface area contributed by atoms with Gasteiger partial charge in [0.1, 0.15) is 6.54 Å². The van der Waals surface area contributed by atoms with Crippen molar-refractivity contribution in [1.82, 2.24) is 15.1 Å². The topological polar surface area (TPSA) is 96.3 Å². The molecule has 0 fully saturated rings. The number of aliphatic carboxylic acids is 1. The second-order valence-electron chi connectivity index (χ2n) is 4.20. The number of amides is 2. The van der Waals surface area contributed by atoms with Gasteiger partial charge < -0.3 is 15.7 Å². The number of anilines is 1. The highest BCUT2D eigenvalue weighted by atomic mass is 32.1. The van der Waals surface area contributed by atoms with Crippen molar-refractivity contribution < 1.29 is 14.7 Å². The van der Waals surface area contributed by atoms with Crippen LogP contribution in [0.1, 0.15) is 18.5 Å². The fraction of sp³-hybridized carbons (Fsp3) is 0.250. The van der Waals surface area contributed by atoms with Gasteiger partial charge in [0.25, 0.3) is 0 Å². The van der Waals surface area contributed by atoms with Crippen molar-refractivity contribution in [3.8, 4) is 0 Å². The number of nitrogens with one attached hydrogen (secondary N) is 2. The molecule has 0 spiro atoms. The van der Waals surface area contributed by atoms with Crippen molar-refractivity contribution >= 4 is 29.0 Å². The molecule has 1 atom stereocenters. The van der Waals surface area contributed by atoms with Crippen LogP contribution in [0.15, 0.2) is 29.2 Å². The van der Waals surface area contributed by atoms with Gasteiger partial charge in [-0.3, -0.25) is 9.48 Å². The molecule has 2 amide bonds. The number of aromatic nitrogens is 2. The normalized spacial score (nSPS) is 11.8. The summed E-state index contributed by atoms with van der Waals surface area (Å²) < 4.78 is 1.24. The zero-order valence-corrected chi connectivity index (χ0v) is 11.6. The van der Waals surface area contributed by atoms with E-state index in [4.69, 9.17) is 5.11 Å². The number of hydrogen-bond acceptors (Lipinski definition) is 4. The Hall–Kier alpha value is -2.35. The predicted octanol–water partition coefficient (Wildman–Crippen LogP) is 1.91. The molecule has 2 heterocycles. The summed E-state index contributed by atoms with van der Waals surface area (Å²) in [6.45, 7) is 1.64. The second kappa shape index (κ2) is 6.20. The summed E-state index contributed by atoms with van der Waals surface area (Å²) in [4.78, 5) is 22.3. The van der Waals surface area contributed by atoms with Crippen LogP contribution in [0, 0.1) is 0 Å². The quantitative estimate of drug-likeness (QED) is 0.784. The number of thiophene rings is 1. The van der Waals surface area contributed by atoms with Crippen LogP contribution in [0.5, 0.6) is 0 Å². The number of carbonyl (C=O) groups excluding carboxylic acids is 1. The number of urea groups is 1. The molecule has 1 unspecified atom stereocenters. The van der Waals surface area contributed by atoms with Crippen LogP contribution in [0.3, 0.4) is 0 Å². The smallest absolute Gasteiger partial charge is 0.325 e. The lowest BCUT2D eigenvalue weighted by Crippen LogP contribution is -2.30. The molecule has 0 aliphatic rings. The summed E-state index contributed by atoms with van der Waals surface area (Å²) in [5.41, 5.74) is 1.48. The molecule has 2 aromatic heterocycles. The van der Waals surface area contributed by atoms with Crippen molar-refractivity contribution in [2.24, 2.45) is 0 Å². The van der Waals surface area contributed by atoms with Crippen LogP contribution >= 0.6 is 11.3 Å². The maximum atomic E-state index is 11.8. The molecule has 0 radical (unpaired) electrons. The van der Waals surface area contributed by atoms with E-state index in [1.807, 2.05) is 23.8 Å². The van der Waals surface area contributed by atoms with Gasteiger partial charge in [-0.05, 0) is 29.3 Å². The van der Waals surface area contributed by atoms with Crippen molar-refractivity contribution in [2.75, 3.05) is 5.32 Å². The largest absolute Gasteiger partial charge is 0.480 e. The molecule has 3 N–H and O–H groups in total. The highest BCUT2D eigenvalue weighted by Crippen LogP contribution is 2.15. The van der Waals surface area contributed by atoms with Gasteiger partial charge in [-0.1, -0.05) is 0 Å². The van der Waals surface area contributed by atoms with E-state index < -0.39 is 5.97 Å². The lowest BCUT2D eigenvalue weighted by atomic mass is 10.2. The average Bonchev–Trinajstić information content (AvgIpc) is 2.99. The van der Waals surface area contributed by atoms with Crippen LogP contribution < -0.4 is 10.6 Å². The lowest BCUT2D eigenvalue weighted by Gasteiger charge is -2.12. The van der Waals surface area contributed by atoms with E-state index in [1.165, 1.54) is 17.1 Å². The van der Waals surface area contributed by atoms with Gasteiger partial charge in [-0.2, -0.15) is 16.4 Å². The molecule has 2 rings (SSSR count). The molecule has 0 saturated heterocycles. The van der Waals surface area contributed by atoms with Crippen molar-refractivity contribution in [2.45, 2.75) is 19.5 Å². The minimum absolute atomic E-state index is 0.102. The first-order valence-corrected chi connectivity index (χ1v) is 6.82. The minimum Gasteiger partial charge on any atom is -0.480 e. The highest BCUT2D eigenvalue weighted by molar-refractivity contribution is 7.07. The Labute approximate surface area is 119 Å². The minimum atomic E-state index is -0.991. The molecule has 7 nitrogen and oxygen atoms in total. The summed E-state index contributed by atoms with van der Waals surface area (Å²) in [5.74, 6) is -0.991. The Balaban J connectivity index is 1.88. The van der Waals surface area contributed by atoms with Crippen molar-refractivity contribution in [3.05, 3.63) is 34.8 Å². The third kappa shape index (κ3) is 3.82. The Morgan fingerprint density at radius 2 is 2.35 bits per heavy atom. The van der Waals surface area contributed by atoms with Gasteiger partial charge in [0.05, 0.1) is 17.9 Å². The van der Waals surface area contributed by atoms with E-state index in [1.54, 1.807) is 11.3 Å². The SMILES string of the molecule is CC(NC(=O)Nc1cnn(CC(=O)O)c1)c1ccsc1. The fourth-order valence-corrected chi connectivity index (χ4v) is 2.38. The third-order valence-electron chi connectivity index (χ3n) is 2.58. The van der Waals surface area contributed by atoms with Gasteiger partial charge in [0.2, 0.25) is 0 Å². The Bertz CT molecular complexity index is 594. The number of carbonyl (C=O) groups is 2. The van der Waals surface area contributed by atoms with E-state index in [2.05, 4.69) is 15.7 Å². The van der Waals surface area contributed by atoms with Crippen LogP contribution in [0.25, 0.3) is 0 Å². The van der Waals surface area contributed by atoms with Gasteiger partial charge in [-0.15, -0.1) is 0 Å². The van der Waals surface area contributed by atoms with E-state index in [0.29, 0.717) is 5.69 Å². The standard InChI is InChI=1S/C12H14N4O3S/c1-8(9-2-3-20-7-9)14-12(19)15-10-4-13-16(5-10)6-11(17)18/h2-5,7-8H,6H2,1H3,(H,17,18)(H2,14,15,19). The maximum Gasteiger partial charge on any atom is 0.325 e. The number of nitrogens with zero attached hydrogens (tertiary/aromatic N) is 2. The van der Waals surface area contributed by atoms with Crippen LogP contribution in [-0.4, -0.2) is 26.9 Å². The number of rotatable bonds is 5. The molecular formula is C12H14N4O3S. The molecule has 0 saturated carbocycles. The number of hydrogen-bond donors (Lipinski definition) is 3.